The van der Waals surface area contributed by atoms with Crippen LogP contribution in [0.3, 0.4) is 0 Å². The molecule has 0 aliphatic heterocycles. The molecule has 0 aliphatic carbocycles. The maximum absolute atomic E-state index is 11.5. The van der Waals surface area contributed by atoms with Gasteiger partial charge in [0.2, 0.25) is 5.91 Å². The van der Waals surface area contributed by atoms with Gasteiger partial charge in [-0.2, -0.15) is 0 Å². The Bertz CT molecular complexity index is 383. The van der Waals surface area contributed by atoms with Gasteiger partial charge in [0.1, 0.15) is 12.4 Å². The van der Waals surface area contributed by atoms with Gasteiger partial charge in [0.15, 0.2) is 0 Å². The second-order valence-corrected chi connectivity index (χ2v) is 4.16. The van der Waals surface area contributed by atoms with Gasteiger partial charge in [0.05, 0.1) is 12.6 Å². The maximum Gasteiger partial charge on any atom is 0.239 e. The first-order chi connectivity index (χ1) is 8.02. The van der Waals surface area contributed by atoms with Gasteiger partial charge in [0, 0.05) is 7.05 Å². The molecule has 0 aromatic heterocycles. The molecular formula is C13H21ClN2O2. The Kier molecular flexibility index (Phi) is 7.39. The van der Waals surface area contributed by atoms with Crippen molar-refractivity contribution in [2.75, 3.05) is 20.2 Å². The Hall–Kier alpha value is -1.26. The normalized spacial score (nSPS) is 11.3. The van der Waals surface area contributed by atoms with Crippen LogP contribution in [0, 0.1) is 6.92 Å². The van der Waals surface area contributed by atoms with Crippen molar-refractivity contribution in [2.24, 2.45) is 5.73 Å². The first-order valence-electron chi connectivity index (χ1n) is 5.71. The quantitative estimate of drug-likeness (QED) is 0.886. The molecule has 0 bridgehead atoms. The minimum absolute atomic E-state index is 0. The van der Waals surface area contributed by atoms with Crippen LogP contribution in [0.4, 0.5) is 0 Å². The van der Waals surface area contributed by atoms with Crippen LogP contribution in [0.1, 0.15) is 12.5 Å². The van der Waals surface area contributed by atoms with Crippen molar-refractivity contribution >= 4 is 18.3 Å². The summed E-state index contributed by atoms with van der Waals surface area (Å²) in [5.74, 6) is 0.785. The SMILES string of the molecule is Cc1ccccc1OCCN(C)C(=O)C(C)N.Cl. The Labute approximate surface area is 115 Å². The third-order valence-electron chi connectivity index (χ3n) is 2.54. The van der Waals surface area contributed by atoms with Crippen LogP contribution in [0.25, 0.3) is 0 Å². The van der Waals surface area contributed by atoms with Gasteiger partial charge in [-0.1, -0.05) is 18.2 Å². The third-order valence-corrected chi connectivity index (χ3v) is 2.54. The lowest BCUT2D eigenvalue weighted by atomic mass is 10.2. The number of amides is 1. The Morgan fingerprint density at radius 3 is 2.61 bits per heavy atom. The summed E-state index contributed by atoms with van der Waals surface area (Å²) in [5, 5.41) is 0. The summed E-state index contributed by atoms with van der Waals surface area (Å²) in [6.07, 6.45) is 0. The molecule has 0 radical (unpaired) electrons. The lowest BCUT2D eigenvalue weighted by Gasteiger charge is -2.19. The van der Waals surface area contributed by atoms with E-state index in [1.165, 1.54) is 0 Å². The van der Waals surface area contributed by atoms with Crippen molar-refractivity contribution in [1.82, 2.24) is 4.90 Å². The third kappa shape index (κ3) is 4.94. The van der Waals surface area contributed by atoms with Gasteiger partial charge in [-0.05, 0) is 25.5 Å². The number of ether oxygens (including phenoxy) is 1. The van der Waals surface area contributed by atoms with Crippen molar-refractivity contribution in [1.29, 1.82) is 0 Å². The van der Waals surface area contributed by atoms with Gasteiger partial charge in [0.25, 0.3) is 0 Å². The highest BCUT2D eigenvalue weighted by Crippen LogP contribution is 2.15. The second-order valence-electron chi connectivity index (χ2n) is 4.16. The van der Waals surface area contributed by atoms with Gasteiger partial charge in [-0.15, -0.1) is 12.4 Å². The molecule has 2 N–H and O–H groups in total. The van der Waals surface area contributed by atoms with Crippen LogP contribution >= 0.6 is 12.4 Å². The molecule has 1 unspecified atom stereocenters. The number of halogens is 1. The Balaban J connectivity index is 0.00000289. The molecule has 5 heteroatoms. The maximum atomic E-state index is 11.5. The summed E-state index contributed by atoms with van der Waals surface area (Å²) in [6, 6.07) is 7.35. The van der Waals surface area contributed by atoms with E-state index in [1.807, 2.05) is 31.2 Å². The highest BCUT2D eigenvalue weighted by molar-refractivity contribution is 5.85. The number of carbonyl (C=O) groups excluding carboxylic acids is 1. The van der Waals surface area contributed by atoms with Gasteiger partial charge in [-0.3, -0.25) is 4.79 Å². The van der Waals surface area contributed by atoms with E-state index in [9.17, 15) is 4.79 Å². The lowest BCUT2D eigenvalue weighted by molar-refractivity contribution is -0.131. The van der Waals surface area contributed by atoms with Crippen molar-refractivity contribution in [3.8, 4) is 5.75 Å². The summed E-state index contributed by atoms with van der Waals surface area (Å²) < 4.78 is 5.60. The summed E-state index contributed by atoms with van der Waals surface area (Å²) in [4.78, 5) is 13.1. The van der Waals surface area contributed by atoms with Gasteiger partial charge < -0.3 is 15.4 Å². The topological polar surface area (TPSA) is 55.6 Å². The number of benzene rings is 1. The standard InChI is InChI=1S/C13H20N2O2.ClH/c1-10-6-4-5-7-12(10)17-9-8-15(3)13(16)11(2)14;/h4-7,11H,8-9,14H2,1-3H3;1H. The number of hydrogen-bond donors (Lipinski definition) is 1. The predicted molar refractivity (Wildman–Crippen MR) is 75.2 cm³/mol. The minimum atomic E-state index is -0.460. The summed E-state index contributed by atoms with van der Waals surface area (Å²) in [5.41, 5.74) is 6.60. The highest BCUT2D eigenvalue weighted by atomic mass is 35.5. The zero-order valence-corrected chi connectivity index (χ0v) is 11.9. The molecule has 0 spiro atoms. The first kappa shape index (κ1) is 16.7. The second kappa shape index (κ2) is 7.95. The van der Waals surface area contributed by atoms with Crippen molar-refractivity contribution in [2.45, 2.75) is 19.9 Å². The van der Waals surface area contributed by atoms with E-state index in [1.54, 1.807) is 18.9 Å². The van der Waals surface area contributed by atoms with Gasteiger partial charge in [-0.25, -0.2) is 0 Å². The molecular weight excluding hydrogens is 252 g/mol. The van der Waals surface area contributed by atoms with E-state index in [4.69, 9.17) is 10.5 Å². The fraction of sp³-hybridized carbons (Fsp3) is 0.462. The number of hydrogen-bond acceptors (Lipinski definition) is 3. The van der Waals surface area contributed by atoms with Crippen LogP contribution < -0.4 is 10.5 Å². The van der Waals surface area contributed by atoms with E-state index in [0.717, 1.165) is 11.3 Å². The van der Waals surface area contributed by atoms with Crippen molar-refractivity contribution < 1.29 is 9.53 Å². The monoisotopic (exact) mass is 272 g/mol. The number of nitrogens with zero attached hydrogens (tertiary/aromatic N) is 1. The molecule has 1 aromatic rings. The molecule has 1 amide bonds. The van der Waals surface area contributed by atoms with Crippen LogP contribution in [0.15, 0.2) is 24.3 Å². The number of nitrogens with two attached hydrogens (primary N) is 1. The van der Waals surface area contributed by atoms with Crippen molar-refractivity contribution in [3.05, 3.63) is 29.8 Å². The fourth-order valence-corrected chi connectivity index (χ4v) is 1.47. The first-order valence-corrected chi connectivity index (χ1v) is 5.71. The molecule has 102 valence electrons. The molecule has 18 heavy (non-hydrogen) atoms. The summed E-state index contributed by atoms with van der Waals surface area (Å²) in [6.45, 7) is 4.68. The molecule has 0 fully saturated rings. The van der Waals surface area contributed by atoms with E-state index < -0.39 is 6.04 Å². The number of carbonyl (C=O) groups is 1. The molecule has 0 heterocycles. The fourth-order valence-electron chi connectivity index (χ4n) is 1.47. The van der Waals surface area contributed by atoms with E-state index >= 15 is 0 Å². The minimum Gasteiger partial charge on any atom is -0.491 e. The number of rotatable bonds is 5. The number of aryl methyl sites for hydroxylation is 1. The molecule has 0 aliphatic rings. The molecule has 1 aromatic carbocycles. The molecule has 0 saturated heterocycles. The largest absolute Gasteiger partial charge is 0.491 e. The predicted octanol–water partition coefficient (Wildman–Crippen LogP) is 1.60. The molecule has 1 rings (SSSR count). The molecule has 0 saturated carbocycles. The smallest absolute Gasteiger partial charge is 0.239 e. The average molecular weight is 273 g/mol. The lowest BCUT2D eigenvalue weighted by Crippen LogP contribution is -2.41. The van der Waals surface area contributed by atoms with E-state index in [2.05, 4.69) is 0 Å². The van der Waals surface area contributed by atoms with E-state index in [0.29, 0.717) is 13.2 Å². The average Bonchev–Trinajstić information content (AvgIpc) is 2.30. The highest BCUT2D eigenvalue weighted by Gasteiger charge is 2.12. The molecule has 1 atom stereocenters. The zero-order chi connectivity index (χ0) is 12.8. The molecule has 4 nitrogen and oxygen atoms in total. The van der Waals surface area contributed by atoms with Crippen LogP contribution in [-0.2, 0) is 4.79 Å². The number of likely N-dealkylation sites (N-methyl/N-ethyl adjacent to an activating group) is 1. The van der Waals surface area contributed by atoms with E-state index in [-0.39, 0.29) is 18.3 Å². The van der Waals surface area contributed by atoms with Crippen LogP contribution in [0.5, 0.6) is 5.75 Å². The Morgan fingerprint density at radius 1 is 1.44 bits per heavy atom. The van der Waals surface area contributed by atoms with Crippen LogP contribution in [0.2, 0.25) is 0 Å². The Morgan fingerprint density at radius 2 is 2.06 bits per heavy atom. The summed E-state index contributed by atoms with van der Waals surface area (Å²) in [7, 11) is 1.73. The summed E-state index contributed by atoms with van der Waals surface area (Å²) >= 11 is 0. The van der Waals surface area contributed by atoms with Crippen LogP contribution in [-0.4, -0.2) is 37.0 Å². The van der Waals surface area contributed by atoms with Gasteiger partial charge >= 0.3 is 0 Å². The van der Waals surface area contributed by atoms with Crippen molar-refractivity contribution in [3.63, 3.8) is 0 Å². The number of para-hydroxylation sites is 1. The zero-order valence-electron chi connectivity index (χ0n) is 11.1.